The molecule has 2 aromatic carbocycles. The maximum absolute atomic E-state index is 13.9. The fourth-order valence-electron chi connectivity index (χ4n) is 4.52. The molecule has 3 aromatic rings. The lowest BCUT2D eigenvalue weighted by Gasteiger charge is -2.44. The van der Waals surface area contributed by atoms with Crippen LogP contribution in [0, 0.1) is 0 Å². The SMILES string of the molecule is CCN1[C@H](C)CN(S(=O)(=O)N(Cc2ccc(-c3nnc(C(F)F)o3)cc2)c2ccccc2)C[C@@H]1C. The number of nitrogens with zero attached hydrogens (tertiary/aromatic N) is 5. The molecule has 0 unspecified atom stereocenters. The van der Waals surface area contributed by atoms with Gasteiger partial charge in [-0.05, 0) is 50.2 Å². The van der Waals surface area contributed by atoms with Crippen molar-refractivity contribution in [2.75, 3.05) is 23.9 Å². The predicted molar refractivity (Wildman–Crippen MR) is 129 cm³/mol. The van der Waals surface area contributed by atoms with Gasteiger partial charge in [0.05, 0.1) is 12.2 Å². The Morgan fingerprint density at radius 2 is 1.66 bits per heavy atom. The third kappa shape index (κ3) is 5.36. The summed E-state index contributed by atoms with van der Waals surface area (Å²) in [7, 11) is -3.83. The van der Waals surface area contributed by atoms with Gasteiger partial charge in [0.2, 0.25) is 5.89 Å². The molecule has 8 nitrogen and oxygen atoms in total. The van der Waals surface area contributed by atoms with Crippen molar-refractivity contribution in [3.63, 3.8) is 0 Å². The highest BCUT2D eigenvalue weighted by molar-refractivity contribution is 7.90. The van der Waals surface area contributed by atoms with Crippen LogP contribution < -0.4 is 4.31 Å². The van der Waals surface area contributed by atoms with Crippen LogP contribution in [-0.2, 0) is 16.8 Å². The molecule has 1 fully saturated rings. The van der Waals surface area contributed by atoms with Gasteiger partial charge in [-0.25, -0.2) is 0 Å². The molecule has 0 amide bonds. The smallest absolute Gasteiger partial charge is 0.314 e. The van der Waals surface area contributed by atoms with Gasteiger partial charge in [0.25, 0.3) is 5.89 Å². The second-order valence-electron chi connectivity index (χ2n) is 8.64. The number of anilines is 1. The highest BCUT2D eigenvalue weighted by Gasteiger charge is 2.38. The van der Waals surface area contributed by atoms with Gasteiger partial charge in [0, 0.05) is 30.7 Å². The lowest BCUT2D eigenvalue weighted by molar-refractivity contribution is 0.0827. The summed E-state index contributed by atoms with van der Waals surface area (Å²) in [5.74, 6) is -0.756. The summed E-state index contributed by atoms with van der Waals surface area (Å²) in [6, 6.07) is 15.9. The van der Waals surface area contributed by atoms with Gasteiger partial charge in [-0.2, -0.15) is 21.5 Å². The summed E-state index contributed by atoms with van der Waals surface area (Å²) in [6.07, 6.45) is -2.84. The van der Waals surface area contributed by atoms with Crippen molar-refractivity contribution in [2.24, 2.45) is 0 Å². The molecule has 1 aliphatic heterocycles. The second kappa shape index (κ2) is 10.4. The van der Waals surface area contributed by atoms with E-state index in [1.165, 1.54) is 4.31 Å². The van der Waals surface area contributed by atoms with E-state index in [4.69, 9.17) is 4.42 Å². The number of para-hydroxylation sites is 1. The predicted octanol–water partition coefficient (Wildman–Crippen LogP) is 4.34. The van der Waals surface area contributed by atoms with E-state index in [1.54, 1.807) is 52.8 Å². The Morgan fingerprint density at radius 3 is 2.20 bits per heavy atom. The van der Waals surface area contributed by atoms with E-state index in [0.717, 1.165) is 12.1 Å². The topological polar surface area (TPSA) is 82.8 Å². The summed E-state index contributed by atoms with van der Waals surface area (Å²) in [4.78, 5) is 2.30. The molecule has 11 heteroatoms. The van der Waals surface area contributed by atoms with Crippen LogP contribution in [0.2, 0.25) is 0 Å². The minimum atomic E-state index is -3.83. The Kier molecular flexibility index (Phi) is 7.48. The Balaban J connectivity index is 1.60. The minimum absolute atomic E-state index is 0.0174. The molecule has 0 bridgehead atoms. The monoisotopic (exact) mass is 505 g/mol. The van der Waals surface area contributed by atoms with Crippen LogP contribution in [-0.4, -0.2) is 59.5 Å². The number of halogens is 2. The van der Waals surface area contributed by atoms with Gasteiger partial charge in [-0.15, -0.1) is 10.2 Å². The molecule has 0 aliphatic carbocycles. The van der Waals surface area contributed by atoms with Crippen LogP contribution >= 0.6 is 0 Å². The molecule has 2 heterocycles. The normalized spacial score (nSPS) is 19.8. The highest BCUT2D eigenvalue weighted by Crippen LogP contribution is 2.28. The lowest BCUT2D eigenvalue weighted by Crippen LogP contribution is -2.60. The quantitative estimate of drug-likeness (QED) is 0.453. The standard InChI is InChI=1S/C24H29F2N5O3S/c1-4-30-17(2)14-29(15-18(30)3)35(32,33)31(21-8-6-5-7-9-21)16-19-10-12-20(13-11-19)23-27-28-24(34-23)22(25)26/h5-13,17-18,22H,4,14-16H2,1-3H3/t17-,18+. The molecule has 4 rings (SSSR count). The molecule has 188 valence electrons. The first-order chi connectivity index (χ1) is 16.7. The third-order valence-corrected chi connectivity index (χ3v) is 8.08. The molecular formula is C24H29F2N5O3S. The number of piperazine rings is 1. The number of rotatable bonds is 8. The second-order valence-corrected chi connectivity index (χ2v) is 10.5. The first-order valence-corrected chi connectivity index (χ1v) is 12.9. The van der Waals surface area contributed by atoms with E-state index in [2.05, 4.69) is 22.0 Å². The number of hydrogen-bond acceptors (Lipinski definition) is 6. The molecule has 0 radical (unpaired) electrons. The first-order valence-electron chi connectivity index (χ1n) is 11.5. The molecule has 0 saturated carbocycles. The van der Waals surface area contributed by atoms with Crippen molar-refractivity contribution in [2.45, 2.75) is 45.8 Å². The number of likely N-dealkylation sites (N-methyl/N-ethyl adjacent to an activating group) is 1. The molecule has 1 aromatic heterocycles. The summed E-state index contributed by atoms with van der Waals surface area (Å²) < 4.78 is 61.2. The summed E-state index contributed by atoms with van der Waals surface area (Å²) >= 11 is 0. The zero-order valence-corrected chi connectivity index (χ0v) is 20.7. The van der Waals surface area contributed by atoms with Crippen LogP contribution in [0.15, 0.2) is 59.0 Å². The van der Waals surface area contributed by atoms with Gasteiger partial charge in [-0.3, -0.25) is 9.21 Å². The molecule has 1 aliphatic rings. The first kappa shape index (κ1) is 25.2. The Hall–Kier alpha value is -2.89. The van der Waals surface area contributed by atoms with Crippen molar-refractivity contribution in [1.29, 1.82) is 0 Å². The van der Waals surface area contributed by atoms with Crippen molar-refractivity contribution in [1.82, 2.24) is 19.4 Å². The Labute approximate surface area is 204 Å². The number of hydrogen-bond donors (Lipinski definition) is 0. The summed E-state index contributed by atoms with van der Waals surface area (Å²) in [5, 5.41) is 7.01. The molecule has 2 atom stereocenters. The van der Waals surface area contributed by atoms with E-state index < -0.39 is 22.5 Å². The van der Waals surface area contributed by atoms with Crippen molar-refractivity contribution >= 4 is 15.9 Å². The van der Waals surface area contributed by atoms with E-state index in [0.29, 0.717) is 24.3 Å². The zero-order chi connectivity index (χ0) is 25.2. The van der Waals surface area contributed by atoms with Crippen LogP contribution in [0.4, 0.5) is 14.5 Å². The van der Waals surface area contributed by atoms with Gasteiger partial charge in [-0.1, -0.05) is 37.3 Å². The van der Waals surface area contributed by atoms with Crippen LogP contribution in [0.5, 0.6) is 0 Å². The van der Waals surface area contributed by atoms with Crippen LogP contribution in [0.25, 0.3) is 11.5 Å². The molecule has 1 saturated heterocycles. The average molecular weight is 506 g/mol. The van der Waals surface area contributed by atoms with Crippen molar-refractivity contribution in [3.8, 4) is 11.5 Å². The van der Waals surface area contributed by atoms with Gasteiger partial charge < -0.3 is 4.42 Å². The van der Waals surface area contributed by atoms with Crippen molar-refractivity contribution in [3.05, 3.63) is 66.1 Å². The minimum Gasteiger partial charge on any atom is -0.415 e. The van der Waals surface area contributed by atoms with Gasteiger partial charge >= 0.3 is 16.6 Å². The Morgan fingerprint density at radius 1 is 1.03 bits per heavy atom. The van der Waals surface area contributed by atoms with Crippen LogP contribution in [0.3, 0.4) is 0 Å². The van der Waals surface area contributed by atoms with Crippen molar-refractivity contribution < 1.29 is 21.6 Å². The van der Waals surface area contributed by atoms with Crippen LogP contribution in [0.1, 0.15) is 38.7 Å². The fraction of sp³-hybridized carbons (Fsp3) is 0.417. The highest BCUT2D eigenvalue weighted by atomic mass is 32.2. The zero-order valence-electron chi connectivity index (χ0n) is 19.9. The summed E-state index contributed by atoms with van der Waals surface area (Å²) in [6.45, 7) is 7.96. The summed E-state index contributed by atoms with van der Waals surface area (Å²) in [5.41, 5.74) is 1.76. The number of benzene rings is 2. The lowest BCUT2D eigenvalue weighted by atomic mass is 10.1. The number of alkyl halides is 2. The van der Waals surface area contributed by atoms with Gasteiger partial charge in [0.1, 0.15) is 0 Å². The average Bonchev–Trinajstić information content (AvgIpc) is 3.34. The molecule has 35 heavy (non-hydrogen) atoms. The Bertz CT molecular complexity index is 1210. The van der Waals surface area contributed by atoms with Gasteiger partial charge in [0.15, 0.2) is 0 Å². The molecular weight excluding hydrogens is 476 g/mol. The maximum atomic E-state index is 13.9. The molecule has 0 spiro atoms. The maximum Gasteiger partial charge on any atom is 0.314 e. The number of aromatic nitrogens is 2. The molecule has 0 N–H and O–H groups in total. The van der Waals surface area contributed by atoms with E-state index in [1.807, 2.05) is 19.9 Å². The van der Waals surface area contributed by atoms with E-state index in [9.17, 15) is 17.2 Å². The fourth-order valence-corrected chi connectivity index (χ4v) is 6.30. The van der Waals surface area contributed by atoms with E-state index in [-0.39, 0.29) is 24.5 Å². The largest absolute Gasteiger partial charge is 0.415 e. The van der Waals surface area contributed by atoms with E-state index >= 15 is 0 Å². The third-order valence-electron chi connectivity index (χ3n) is 6.24.